The molecule has 3 rings (SSSR count). The maximum atomic E-state index is 12.4. The number of nitrogens with zero attached hydrogens (tertiary/aromatic N) is 2. The molecule has 150 valence electrons. The van der Waals surface area contributed by atoms with Gasteiger partial charge < -0.3 is 10.2 Å². The first kappa shape index (κ1) is 20.4. The summed E-state index contributed by atoms with van der Waals surface area (Å²) in [6, 6.07) is 14.7. The summed E-state index contributed by atoms with van der Waals surface area (Å²) in [5, 5.41) is 3.07. The van der Waals surface area contributed by atoms with E-state index in [1.54, 1.807) is 0 Å². The number of carbonyl (C=O) groups excluding carboxylic acids is 1. The van der Waals surface area contributed by atoms with Crippen LogP contribution >= 0.6 is 0 Å². The minimum Gasteiger partial charge on any atom is -0.369 e. The fraction of sp³-hybridized carbons (Fsp3) is 0.458. The Morgan fingerprint density at radius 3 is 2.46 bits per heavy atom. The normalized spacial score (nSPS) is 14.9. The maximum absolute atomic E-state index is 12.4. The molecule has 2 aromatic carbocycles. The Balaban J connectivity index is 1.33. The first-order valence-corrected chi connectivity index (χ1v) is 10.4. The first-order valence-electron chi connectivity index (χ1n) is 10.4. The Labute approximate surface area is 169 Å². The van der Waals surface area contributed by atoms with E-state index in [9.17, 15) is 4.79 Å². The average molecular weight is 380 g/mol. The third-order valence-corrected chi connectivity index (χ3v) is 5.78. The minimum atomic E-state index is 0.0490. The topological polar surface area (TPSA) is 35.6 Å². The van der Waals surface area contributed by atoms with Gasteiger partial charge in [0.2, 0.25) is 0 Å². The van der Waals surface area contributed by atoms with E-state index in [0.29, 0.717) is 0 Å². The van der Waals surface area contributed by atoms with Gasteiger partial charge in [0.15, 0.2) is 0 Å². The van der Waals surface area contributed by atoms with Gasteiger partial charge in [0.25, 0.3) is 5.91 Å². The van der Waals surface area contributed by atoms with Gasteiger partial charge in [0, 0.05) is 44.0 Å². The van der Waals surface area contributed by atoms with Crippen LogP contribution in [0.3, 0.4) is 0 Å². The van der Waals surface area contributed by atoms with Crippen LogP contribution in [0.1, 0.15) is 39.9 Å². The number of aryl methyl sites for hydroxylation is 2. The molecule has 1 aliphatic rings. The molecule has 0 unspecified atom stereocenters. The van der Waals surface area contributed by atoms with Crippen molar-refractivity contribution in [3.63, 3.8) is 0 Å². The van der Waals surface area contributed by atoms with Gasteiger partial charge >= 0.3 is 0 Å². The van der Waals surface area contributed by atoms with E-state index in [1.807, 2.05) is 32.0 Å². The lowest BCUT2D eigenvalue weighted by Gasteiger charge is -2.36. The zero-order chi connectivity index (χ0) is 19.9. The number of hydrogen-bond donors (Lipinski definition) is 1. The molecule has 0 atom stereocenters. The van der Waals surface area contributed by atoms with Gasteiger partial charge in [-0.25, -0.2) is 0 Å². The zero-order valence-corrected chi connectivity index (χ0v) is 17.5. The molecule has 0 aliphatic carbocycles. The quantitative estimate of drug-likeness (QED) is 0.740. The number of hydrogen-bond acceptors (Lipinski definition) is 3. The molecule has 2 aromatic rings. The second kappa shape index (κ2) is 9.74. The highest BCUT2D eigenvalue weighted by Crippen LogP contribution is 2.18. The van der Waals surface area contributed by atoms with E-state index in [4.69, 9.17) is 0 Å². The van der Waals surface area contributed by atoms with Gasteiger partial charge in [-0.15, -0.1) is 0 Å². The summed E-state index contributed by atoms with van der Waals surface area (Å²) in [6.45, 7) is 12.5. The van der Waals surface area contributed by atoms with Crippen molar-refractivity contribution in [3.8, 4) is 0 Å². The van der Waals surface area contributed by atoms with Gasteiger partial charge in [-0.05, 0) is 75.0 Å². The van der Waals surface area contributed by atoms with Gasteiger partial charge in [-0.2, -0.15) is 0 Å². The van der Waals surface area contributed by atoms with Crippen molar-refractivity contribution in [2.45, 2.75) is 33.6 Å². The largest absolute Gasteiger partial charge is 0.369 e. The molecule has 4 nitrogen and oxygen atoms in total. The highest BCUT2D eigenvalue weighted by Gasteiger charge is 2.17. The number of benzene rings is 2. The van der Waals surface area contributed by atoms with E-state index in [0.717, 1.165) is 68.8 Å². The molecule has 1 heterocycles. The zero-order valence-electron chi connectivity index (χ0n) is 17.5. The van der Waals surface area contributed by atoms with E-state index >= 15 is 0 Å². The lowest BCUT2D eigenvalue weighted by Crippen LogP contribution is -2.46. The Morgan fingerprint density at radius 1 is 0.964 bits per heavy atom. The monoisotopic (exact) mass is 379 g/mol. The molecular formula is C24H33N3O. The molecule has 1 N–H and O–H groups in total. The molecule has 1 fully saturated rings. The van der Waals surface area contributed by atoms with E-state index < -0.39 is 0 Å². The van der Waals surface area contributed by atoms with Crippen LogP contribution in [0.15, 0.2) is 42.5 Å². The molecule has 0 spiro atoms. The van der Waals surface area contributed by atoms with Crippen molar-refractivity contribution in [2.75, 3.05) is 44.2 Å². The number of rotatable bonds is 7. The smallest absolute Gasteiger partial charge is 0.251 e. The van der Waals surface area contributed by atoms with Crippen LogP contribution in [0.25, 0.3) is 0 Å². The molecule has 0 bridgehead atoms. The number of carbonyl (C=O) groups is 1. The molecule has 0 aromatic heterocycles. The van der Waals surface area contributed by atoms with Gasteiger partial charge in [0.1, 0.15) is 0 Å². The highest BCUT2D eigenvalue weighted by molar-refractivity contribution is 5.95. The van der Waals surface area contributed by atoms with Crippen molar-refractivity contribution >= 4 is 11.6 Å². The van der Waals surface area contributed by atoms with Gasteiger partial charge in [-0.3, -0.25) is 9.69 Å². The predicted molar refractivity (Wildman–Crippen MR) is 117 cm³/mol. The molecule has 4 heteroatoms. The van der Waals surface area contributed by atoms with Crippen molar-refractivity contribution < 1.29 is 4.79 Å². The molecular weight excluding hydrogens is 346 g/mol. The summed E-state index contributed by atoms with van der Waals surface area (Å²) < 4.78 is 0. The van der Waals surface area contributed by atoms with Crippen LogP contribution in [-0.4, -0.2) is 50.1 Å². The SMILES string of the molecule is Cc1cccc(N2CCN(CCCCNC(=O)c3cccc(C)c3C)CC2)c1. The van der Waals surface area contributed by atoms with Gasteiger partial charge in [0.05, 0.1) is 0 Å². The lowest BCUT2D eigenvalue weighted by atomic mass is 10.0. The second-order valence-electron chi connectivity index (χ2n) is 7.88. The lowest BCUT2D eigenvalue weighted by molar-refractivity contribution is 0.0952. The fourth-order valence-corrected chi connectivity index (χ4v) is 3.81. The van der Waals surface area contributed by atoms with Crippen LogP contribution in [0, 0.1) is 20.8 Å². The molecule has 0 radical (unpaired) electrons. The van der Waals surface area contributed by atoms with Crippen LogP contribution in [0.2, 0.25) is 0 Å². The first-order chi connectivity index (χ1) is 13.5. The Bertz CT molecular complexity index is 794. The van der Waals surface area contributed by atoms with Crippen LogP contribution < -0.4 is 10.2 Å². The maximum Gasteiger partial charge on any atom is 0.251 e. The highest BCUT2D eigenvalue weighted by atomic mass is 16.1. The van der Waals surface area contributed by atoms with Crippen molar-refractivity contribution in [2.24, 2.45) is 0 Å². The van der Waals surface area contributed by atoms with Crippen molar-refractivity contribution in [1.82, 2.24) is 10.2 Å². The summed E-state index contributed by atoms with van der Waals surface area (Å²) in [5.41, 5.74) is 5.70. The Hall–Kier alpha value is -2.33. The number of piperazine rings is 1. The number of nitrogens with one attached hydrogen (secondary N) is 1. The summed E-state index contributed by atoms with van der Waals surface area (Å²) in [6.07, 6.45) is 2.15. The van der Waals surface area contributed by atoms with Crippen LogP contribution in [-0.2, 0) is 0 Å². The molecule has 1 saturated heterocycles. The number of anilines is 1. The molecule has 28 heavy (non-hydrogen) atoms. The Morgan fingerprint density at radius 2 is 1.71 bits per heavy atom. The summed E-state index contributed by atoms with van der Waals surface area (Å²) in [7, 11) is 0. The van der Waals surface area contributed by atoms with Crippen molar-refractivity contribution in [1.29, 1.82) is 0 Å². The Kier molecular flexibility index (Phi) is 7.10. The average Bonchev–Trinajstić information content (AvgIpc) is 2.70. The van der Waals surface area contributed by atoms with E-state index in [-0.39, 0.29) is 5.91 Å². The third-order valence-electron chi connectivity index (χ3n) is 5.78. The standard InChI is InChI=1S/C24H33N3O/c1-19-8-6-10-22(18-19)27-16-14-26(15-17-27)13-5-4-12-25-24(28)23-11-7-9-20(2)21(23)3/h6-11,18H,4-5,12-17H2,1-3H3,(H,25,28). The van der Waals surface area contributed by atoms with E-state index in [2.05, 4.69) is 46.3 Å². The van der Waals surface area contributed by atoms with Crippen LogP contribution in [0.4, 0.5) is 5.69 Å². The fourth-order valence-electron chi connectivity index (χ4n) is 3.81. The second-order valence-corrected chi connectivity index (χ2v) is 7.88. The summed E-state index contributed by atoms with van der Waals surface area (Å²) in [4.78, 5) is 17.4. The van der Waals surface area contributed by atoms with E-state index in [1.165, 1.54) is 11.3 Å². The minimum absolute atomic E-state index is 0.0490. The molecule has 0 saturated carbocycles. The van der Waals surface area contributed by atoms with Gasteiger partial charge in [-0.1, -0.05) is 24.3 Å². The summed E-state index contributed by atoms with van der Waals surface area (Å²) in [5.74, 6) is 0.0490. The summed E-state index contributed by atoms with van der Waals surface area (Å²) >= 11 is 0. The molecule has 1 amide bonds. The molecule has 1 aliphatic heterocycles. The van der Waals surface area contributed by atoms with Crippen molar-refractivity contribution in [3.05, 3.63) is 64.7 Å². The number of unbranched alkanes of at least 4 members (excludes halogenated alkanes) is 1. The number of amides is 1. The third kappa shape index (κ3) is 5.35. The predicted octanol–water partition coefficient (Wildman–Crippen LogP) is 3.94. The van der Waals surface area contributed by atoms with Crippen LogP contribution in [0.5, 0.6) is 0 Å².